The average molecular weight is 455 g/mol. The number of aromatic hydroxyl groups is 1. The summed E-state index contributed by atoms with van der Waals surface area (Å²) in [5.74, 6) is 1.60. The van der Waals surface area contributed by atoms with E-state index in [9.17, 15) is 8.42 Å². The molecule has 0 atom stereocenters. The van der Waals surface area contributed by atoms with Gasteiger partial charge in [-0.3, -0.25) is 0 Å². The van der Waals surface area contributed by atoms with Crippen LogP contribution in [0, 0.1) is 0 Å². The fourth-order valence-electron chi connectivity index (χ4n) is 2.02. The van der Waals surface area contributed by atoms with Crippen molar-refractivity contribution >= 4 is 33.3 Å². The Hall–Kier alpha value is -2.23. The monoisotopic (exact) mass is 454 g/mol. The Balaban J connectivity index is 0.000000292. The molecule has 0 saturated heterocycles. The normalized spacial score (nSPS) is 10.4. The molecule has 0 heterocycles. The molecular formula is C17H20Cl2O8S. The largest absolute Gasteiger partial charge is 0.508 e. The van der Waals surface area contributed by atoms with E-state index in [0.717, 1.165) is 6.26 Å². The molecule has 0 saturated carbocycles. The lowest BCUT2D eigenvalue weighted by Crippen LogP contribution is -2.06. The summed E-state index contributed by atoms with van der Waals surface area (Å²) in [6.45, 7) is 0. The molecule has 0 radical (unpaired) electrons. The van der Waals surface area contributed by atoms with Crippen molar-refractivity contribution in [3.63, 3.8) is 0 Å². The van der Waals surface area contributed by atoms with E-state index >= 15 is 0 Å². The number of benzene rings is 2. The summed E-state index contributed by atoms with van der Waals surface area (Å²) in [5.41, 5.74) is 0. The number of phenols is 1. The molecule has 0 aliphatic rings. The summed E-state index contributed by atoms with van der Waals surface area (Å²) in [4.78, 5) is 0. The van der Waals surface area contributed by atoms with Gasteiger partial charge in [-0.1, -0.05) is 23.2 Å². The predicted octanol–water partition coefficient (Wildman–Crippen LogP) is 3.76. The molecule has 0 unspecified atom stereocenters. The van der Waals surface area contributed by atoms with Gasteiger partial charge in [-0.05, 0) is 0 Å². The van der Waals surface area contributed by atoms with Crippen LogP contribution in [0.4, 0.5) is 0 Å². The first-order valence-corrected chi connectivity index (χ1v) is 10.0. The molecule has 156 valence electrons. The summed E-state index contributed by atoms with van der Waals surface area (Å²) in [7, 11) is 2.22. The fraction of sp³-hybridized carbons (Fsp3) is 0.294. The highest BCUT2D eigenvalue weighted by molar-refractivity contribution is 7.86. The highest BCUT2D eigenvalue weighted by Gasteiger charge is 2.14. The summed E-state index contributed by atoms with van der Waals surface area (Å²) in [5, 5.41) is 9.66. The van der Waals surface area contributed by atoms with Gasteiger partial charge in [0, 0.05) is 24.3 Å². The van der Waals surface area contributed by atoms with Crippen molar-refractivity contribution in [3.05, 3.63) is 34.3 Å². The molecule has 2 rings (SSSR count). The van der Waals surface area contributed by atoms with E-state index in [2.05, 4.69) is 4.18 Å². The van der Waals surface area contributed by atoms with E-state index < -0.39 is 10.1 Å². The first kappa shape index (κ1) is 23.8. The van der Waals surface area contributed by atoms with Crippen LogP contribution in [-0.2, 0) is 10.1 Å². The molecule has 0 aliphatic heterocycles. The standard InChI is InChI=1S/C9H11ClO5S.C8H9ClO3/c1-13-8-5-6(15-16(3,11)12)4-7(10)9(8)14-2;1-11-7-4-5(10)3-6(9)8(7)12-2/h4-5H,1-3H3;3-4,10H,1-2H3. The van der Waals surface area contributed by atoms with Crippen molar-refractivity contribution in [1.82, 2.24) is 0 Å². The van der Waals surface area contributed by atoms with Gasteiger partial charge in [0.05, 0.1) is 44.7 Å². The summed E-state index contributed by atoms with van der Waals surface area (Å²) >= 11 is 11.6. The summed E-state index contributed by atoms with van der Waals surface area (Å²) < 4.78 is 46.4. The molecule has 0 fully saturated rings. The highest BCUT2D eigenvalue weighted by Crippen LogP contribution is 2.39. The zero-order valence-corrected chi connectivity index (χ0v) is 18.1. The SMILES string of the molecule is COc1cc(O)cc(Cl)c1OC.COc1cc(OS(C)(=O)=O)cc(Cl)c1OC. The number of phenolic OH excluding ortho intramolecular Hbond substituents is 1. The van der Waals surface area contributed by atoms with Crippen molar-refractivity contribution in [3.8, 4) is 34.5 Å². The Labute approximate surface area is 173 Å². The lowest BCUT2D eigenvalue weighted by Gasteiger charge is -2.11. The third-order valence-electron chi connectivity index (χ3n) is 3.07. The first-order valence-electron chi connectivity index (χ1n) is 7.47. The van der Waals surface area contributed by atoms with E-state index in [1.165, 1.54) is 52.7 Å². The smallest absolute Gasteiger partial charge is 0.306 e. The third kappa shape index (κ3) is 6.74. The minimum absolute atomic E-state index is 0.0534. The lowest BCUT2D eigenvalue weighted by molar-refractivity contribution is 0.351. The van der Waals surface area contributed by atoms with Crippen molar-refractivity contribution in [1.29, 1.82) is 0 Å². The zero-order valence-electron chi connectivity index (χ0n) is 15.8. The van der Waals surface area contributed by atoms with Crippen molar-refractivity contribution in [2.24, 2.45) is 0 Å². The molecule has 0 aliphatic carbocycles. The number of hydrogen-bond acceptors (Lipinski definition) is 8. The second-order valence-corrected chi connectivity index (χ2v) is 7.48. The molecule has 1 N–H and O–H groups in total. The molecule has 0 aromatic heterocycles. The third-order valence-corrected chi connectivity index (χ3v) is 4.13. The average Bonchev–Trinajstić information content (AvgIpc) is 2.59. The van der Waals surface area contributed by atoms with Crippen LogP contribution in [0.25, 0.3) is 0 Å². The lowest BCUT2D eigenvalue weighted by atomic mass is 10.3. The summed E-state index contributed by atoms with van der Waals surface area (Å²) in [6, 6.07) is 5.54. The number of methoxy groups -OCH3 is 4. The van der Waals surface area contributed by atoms with Crippen LogP contribution in [0.3, 0.4) is 0 Å². The Morgan fingerprint density at radius 1 is 0.786 bits per heavy atom. The van der Waals surface area contributed by atoms with Gasteiger partial charge in [0.2, 0.25) is 0 Å². The minimum atomic E-state index is -3.59. The van der Waals surface area contributed by atoms with Gasteiger partial charge < -0.3 is 28.2 Å². The number of rotatable bonds is 6. The second kappa shape index (κ2) is 10.4. The Morgan fingerprint density at radius 3 is 1.68 bits per heavy atom. The molecule has 2 aromatic rings. The molecule has 2 aromatic carbocycles. The highest BCUT2D eigenvalue weighted by atomic mass is 35.5. The molecule has 8 nitrogen and oxygen atoms in total. The Kier molecular flexibility index (Phi) is 8.80. The van der Waals surface area contributed by atoms with E-state index in [1.54, 1.807) is 0 Å². The van der Waals surface area contributed by atoms with Gasteiger partial charge in [0.15, 0.2) is 23.0 Å². The molecule has 0 amide bonds. The maximum atomic E-state index is 10.9. The van der Waals surface area contributed by atoms with Crippen LogP contribution in [0.1, 0.15) is 0 Å². The molecule has 0 spiro atoms. The fourth-order valence-corrected chi connectivity index (χ4v) is 3.03. The maximum absolute atomic E-state index is 10.9. The van der Waals surface area contributed by atoms with Crippen LogP contribution < -0.4 is 23.1 Å². The van der Waals surface area contributed by atoms with Crippen LogP contribution in [0.15, 0.2) is 24.3 Å². The molecular weight excluding hydrogens is 435 g/mol. The number of ether oxygens (including phenoxy) is 4. The Bertz CT molecular complexity index is 916. The van der Waals surface area contributed by atoms with E-state index in [-0.39, 0.29) is 16.5 Å². The van der Waals surface area contributed by atoms with Crippen molar-refractivity contribution in [2.75, 3.05) is 34.7 Å². The van der Waals surface area contributed by atoms with Crippen molar-refractivity contribution < 1.29 is 36.7 Å². The van der Waals surface area contributed by atoms with E-state index in [1.807, 2.05) is 0 Å². The van der Waals surface area contributed by atoms with Gasteiger partial charge in [0.1, 0.15) is 11.5 Å². The van der Waals surface area contributed by atoms with Gasteiger partial charge in [0.25, 0.3) is 0 Å². The number of halogens is 2. The van der Waals surface area contributed by atoms with Crippen LogP contribution in [0.2, 0.25) is 10.0 Å². The summed E-state index contributed by atoms with van der Waals surface area (Å²) in [6.07, 6.45) is 0.942. The molecule has 11 heteroatoms. The predicted molar refractivity (Wildman–Crippen MR) is 106 cm³/mol. The van der Waals surface area contributed by atoms with Crippen LogP contribution in [-0.4, -0.2) is 48.2 Å². The van der Waals surface area contributed by atoms with E-state index in [4.69, 9.17) is 47.3 Å². The number of hydrogen-bond donors (Lipinski definition) is 1. The van der Waals surface area contributed by atoms with Gasteiger partial charge in [-0.25, -0.2) is 0 Å². The van der Waals surface area contributed by atoms with E-state index in [0.29, 0.717) is 28.0 Å². The van der Waals surface area contributed by atoms with Crippen molar-refractivity contribution in [2.45, 2.75) is 0 Å². The molecule has 28 heavy (non-hydrogen) atoms. The quantitative estimate of drug-likeness (QED) is 0.658. The Morgan fingerprint density at radius 2 is 1.25 bits per heavy atom. The first-order chi connectivity index (χ1) is 13.1. The van der Waals surface area contributed by atoms with Crippen LogP contribution >= 0.6 is 23.2 Å². The van der Waals surface area contributed by atoms with Gasteiger partial charge in [-0.15, -0.1) is 0 Å². The minimum Gasteiger partial charge on any atom is -0.508 e. The topological polar surface area (TPSA) is 101 Å². The van der Waals surface area contributed by atoms with Crippen LogP contribution in [0.5, 0.6) is 34.5 Å². The van der Waals surface area contributed by atoms with Gasteiger partial charge in [-0.2, -0.15) is 8.42 Å². The second-order valence-electron chi connectivity index (χ2n) is 5.09. The van der Waals surface area contributed by atoms with Gasteiger partial charge >= 0.3 is 10.1 Å². The maximum Gasteiger partial charge on any atom is 0.306 e. The molecule has 0 bridgehead atoms. The zero-order chi connectivity index (χ0) is 21.5.